The molecule has 88 valence electrons. The highest BCUT2D eigenvalue weighted by Crippen LogP contribution is 2.13. The Hall–Kier alpha value is -1.06. The Morgan fingerprint density at radius 1 is 1.44 bits per heavy atom. The van der Waals surface area contributed by atoms with Crippen LogP contribution in [-0.2, 0) is 16.0 Å². The van der Waals surface area contributed by atoms with Crippen LogP contribution >= 0.6 is 11.6 Å². The predicted octanol–water partition coefficient (Wildman–Crippen LogP) is 2.02. The molecule has 0 amide bonds. The van der Waals surface area contributed by atoms with E-state index in [9.17, 15) is 4.79 Å². The molecule has 0 saturated carbocycles. The van der Waals surface area contributed by atoms with Gasteiger partial charge in [0.1, 0.15) is 0 Å². The lowest BCUT2D eigenvalue weighted by atomic mass is 10.00. The van der Waals surface area contributed by atoms with Gasteiger partial charge < -0.3 is 10.5 Å². The average Bonchev–Trinajstić information content (AvgIpc) is 2.28. The minimum atomic E-state index is -0.277. The number of carbonyl (C=O) groups is 1. The number of esters is 1. The topological polar surface area (TPSA) is 52.3 Å². The predicted molar refractivity (Wildman–Crippen MR) is 64.3 cm³/mol. The highest BCUT2D eigenvalue weighted by Gasteiger charge is 2.18. The van der Waals surface area contributed by atoms with E-state index in [4.69, 9.17) is 22.1 Å². The second-order valence-corrected chi connectivity index (χ2v) is 3.95. The first kappa shape index (κ1) is 13.0. The van der Waals surface area contributed by atoms with Crippen LogP contribution in [0.25, 0.3) is 0 Å². The molecule has 1 unspecified atom stereocenters. The van der Waals surface area contributed by atoms with Gasteiger partial charge in [-0.3, -0.25) is 4.79 Å². The van der Waals surface area contributed by atoms with Crippen molar-refractivity contribution in [3.05, 3.63) is 34.9 Å². The summed E-state index contributed by atoms with van der Waals surface area (Å²) >= 11 is 5.78. The molecule has 0 aliphatic carbocycles. The Morgan fingerprint density at radius 3 is 2.56 bits per heavy atom. The van der Waals surface area contributed by atoms with Gasteiger partial charge in [0, 0.05) is 11.6 Å². The van der Waals surface area contributed by atoms with Crippen LogP contribution < -0.4 is 5.73 Å². The summed E-state index contributed by atoms with van der Waals surface area (Å²) in [6.07, 6.45) is 0.590. The molecule has 0 heterocycles. The summed E-state index contributed by atoms with van der Waals surface area (Å²) in [5, 5.41) is 0.684. The number of rotatable bonds is 5. The van der Waals surface area contributed by atoms with Gasteiger partial charge in [0.15, 0.2) is 0 Å². The van der Waals surface area contributed by atoms with Gasteiger partial charge in [-0.25, -0.2) is 0 Å². The molecule has 0 bridgehead atoms. The van der Waals surface area contributed by atoms with Crippen molar-refractivity contribution in [1.82, 2.24) is 0 Å². The van der Waals surface area contributed by atoms with Crippen molar-refractivity contribution in [2.75, 3.05) is 13.2 Å². The molecular formula is C12H16ClNO2. The third-order valence-corrected chi connectivity index (χ3v) is 2.55. The third kappa shape index (κ3) is 3.83. The van der Waals surface area contributed by atoms with Crippen LogP contribution in [0, 0.1) is 5.92 Å². The SMILES string of the molecule is CCOC(=O)C(CN)Cc1ccc(Cl)cc1. The van der Waals surface area contributed by atoms with E-state index in [1.165, 1.54) is 0 Å². The summed E-state index contributed by atoms with van der Waals surface area (Å²) in [6, 6.07) is 7.39. The fraction of sp³-hybridized carbons (Fsp3) is 0.417. The van der Waals surface area contributed by atoms with E-state index < -0.39 is 0 Å². The number of halogens is 1. The standard InChI is InChI=1S/C12H16ClNO2/c1-2-16-12(15)10(8-14)7-9-3-5-11(13)6-4-9/h3-6,10H,2,7-8,14H2,1H3. The van der Waals surface area contributed by atoms with Crippen molar-refractivity contribution in [2.24, 2.45) is 11.7 Å². The Morgan fingerprint density at radius 2 is 2.06 bits per heavy atom. The summed E-state index contributed by atoms with van der Waals surface area (Å²) in [6.45, 7) is 2.46. The highest BCUT2D eigenvalue weighted by atomic mass is 35.5. The normalized spacial score (nSPS) is 12.2. The van der Waals surface area contributed by atoms with Gasteiger partial charge in [0.25, 0.3) is 0 Å². The molecule has 0 aliphatic rings. The van der Waals surface area contributed by atoms with Crippen LogP contribution in [0.4, 0.5) is 0 Å². The van der Waals surface area contributed by atoms with Gasteiger partial charge in [-0.15, -0.1) is 0 Å². The van der Waals surface area contributed by atoms with Crippen LogP contribution in [0.1, 0.15) is 12.5 Å². The van der Waals surface area contributed by atoms with Gasteiger partial charge in [0.2, 0.25) is 0 Å². The second kappa shape index (κ2) is 6.51. The maximum Gasteiger partial charge on any atom is 0.310 e. The molecule has 3 nitrogen and oxygen atoms in total. The molecule has 0 radical (unpaired) electrons. The molecular weight excluding hydrogens is 226 g/mol. The lowest BCUT2D eigenvalue weighted by molar-refractivity contribution is -0.147. The van der Waals surface area contributed by atoms with Crippen LogP contribution in [-0.4, -0.2) is 19.1 Å². The Kier molecular flexibility index (Phi) is 5.29. The number of benzene rings is 1. The molecule has 0 aliphatic heterocycles. The molecule has 1 aromatic rings. The van der Waals surface area contributed by atoms with Crippen molar-refractivity contribution < 1.29 is 9.53 Å². The summed E-state index contributed by atoms with van der Waals surface area (Å²) in [5.74, 6) is -0.513. The first-order valence-corrected chi connectivity index (χ1v) is 5.66. The summed E-state index contributed by atoms with van der Waals surface area (Å²) in [5.41, 5.74) is 6.59. The third-order valence-electron chi connectivity index (χ3n) is 2.30. The molecule has 0 saturated heterocycles. The zero-order chi connectivity index (χ0) is 12.0. The average molecular weight is 242 g/mol. The quantitative estimate of drug-likeness (QED) is 0.803. The maximum absolute atomic E-state index is 11.5. The minimum Gasteiger partial charge on any atom is -0.466 e. The van der Waals surface area contributed by atoms with Crippen LogP contribution in [0.2, 0.25) is 5.02 Å². The Balaban J connectivity index is 2.62. The number of carbonyl (C=O) groups excluding carboxylic acids is 1. The number of hydrogen-bond donors (Lipinski definition) is 1. The zero-order valence-electron chi connectivity index (χ0n) is 9.28. The monoisotopic (exact) mass is 241 g/mol. The van der Waals surface area contributed by atoms with E-state index in [1.54, 1.807) is 19.1 Å². The van der Waals surface area contributed by atoms with Crippen LogP contribution in [0.5, 0.6) is 0 Å². The van der Waals surface area contributed by atoms with E-state index in [2.05, 4.69) is 0 Å². The van der Waals surface area contributed by atoms with Crippen molar-refractivity contribution >= 4 is 17.6 Å². The zero-order valence-corrected chi connectivity index (χ0v) is 10.0. The fourth-order valence-electron chi connectivity index (χ4n) is 1.43. The van der Waals surface area contributed by atoms with E-state index in [1.807, 2.05) is 12.1 Å². The first-order valence-electron chi connectivity index (χ1n) is 5.28. The van der Waals surface area contributed by atoms with E-state index >= 15 is 0 Å². The van der Waals surface area contributed by atoms with Gasteiger partial charge >= 0.3 is 5.97 Å². The van der Waals surface area contributed by atoms with E-state index in [0.29, 0.717) is 24.6 Å². The van der Waals surface area contributed by atoms with Crippen molar-refractivity contribution in [1.29, 1.82) is 0 Å². The molecule has 0 aromatic heterocycles. The first-order chi connectivity index (χ1) is 7.67. The summed E-state index contributed by atoms with van der Waals surface area (Å²) < 4.78 is 4.95. The van der Waals surface area contributed by atoms with E-state index in [-0.39, 0.29) is 11.9 Å². The molecule has 1 atom stereocenters. The Labute approximate surface area is 101 Å². The minimum absolute atomic E-state index is 0.236. The number of nitrogens with two attached hydrogens (primary N) is 1. The van der Waals surface area contributed by atoms with Crippen molar-refractivity contribution in [3.8, 4) is 0 Å². The molecule has 16 heavy (non-hydrogen) atoms. The highest BCUT2D eigenvalue weighted by molar-refractivity contribution is 6.30. The molecule has 0 spiro atoms. The summed E-state index contributed by atoms with van der Waals surface area (Å²) in [4.78, 5) is 11.5. The smallest absolute Gasteiger partial charge is 0.310 e. The summed E-state index contributed by atoms with van der Waals surface area (Å²) in [7, 11) is 0. The molecule has 2 N–H and O–H groups in total. The molecule has 1 rings (SSSR count). The van der Waals surface area contributed by atoms with Crippen molar-refractivity contribution in [3.63, 3.8) is 0 Å². The van der Waals surface area contributed by atoms with E-state index in [0.717, 1.165) is 5.56 Å². The van der Waals surface area contributed by atoms with Crippen LogP contribution in [0.15, 0.2) is 24.3 Å². The largest absolute Gasteiger partial charge is 0.466 e. The number of ether oxygens (including phenoxy) is 1. The van der Waals surface area contributed by atoms with Gasteiger partial charge in [-0.2, -0.15) is 0 Å². The number of hydrogen-bond acceptors (Lipinski definition) is 3. The van der Waals surface area contributed by atoms with Crippen molar-refractivity contribution in [2.45, 2.75) is 13.3 Å². The van der Waals surface area contributed by atoms with Gasteiger partial charge in [0.05, 0.1) is 12.5 Å². The lowest BCUT2D eigenvalue weighted by Crippen LogP contribution is -2.27. The molecule has 0 fully saturated rings. The molecule has 1 aromatic carbocycles. The van der Waals surface area contributed by atoms with Crippen LogP contribution in [0.3, 0.4) is 0 Å². The van der Waals surface area contributed by atoms with Gasteiger partial charge in [-0.1, -0.05) is 23.7 Å². The maximum atomic E-state index is 11.5. The second-order valence-electron chi connectivity index (χ2n) is 3.52. The fourth-order valence-corrected chi connectivity index (χ4v) is 1.55. The Bertz CT molecular complexity index is 337. The molecule has 4 heteroatoms. The van der Waals surface area contributed by atoms with Gasteiger partial charge in [-0.05, 0) is 31.0 Å². The lowest BCUT2D eigenvalue weighted by Gasteiger charge is -2.13.